The molecule has 1 aliphatic rings. The number of hydrogen-bond donors (Lipinski definition) is 0. The monoisotopic (exact) mass is 193 g/mol. The lowest BCUT2D eigenvalue weighted by Crippen LogP contribution is -2.26. The average Bonchev–Trinajstić information content (AvgIpc) is 2.47. The van der Waals surface area contributed by atoms with Gasteiger partial charge in [-0.25, -0.2) is 9.71 Å². The maximum absolute atomic E-state index is 12.7. The molecule has 14 heavy (non-hydrogen) atoms. The minimum atomic E-state index is -0.173. The molecule has 0 saturated carbocycles. The van der Waals surface area contributed by atoms with Gasteiger partial charge in [0.25, 0.3) is 0 Å². The Hall–Kier alpha value is -1.09. The standard InChI is InChI=1S/C11H14FN2/c12-10-2-4-11(5-3-10)14-8-1-6-13-7-9-14/h2-5H,1,6-9H2. The average molecular weight is 193 g/mol. The molecule has 1 aromatic rings. The summed E-state index contributed by atoms with van der Waals surface area (Å²) < 4.78 is 12.7. The van der Waals surface area contributed by atoms with Crippen LogP contribution in [0.5, 0.6) is 0 Å². The largest absolute Gasteiger partial charge is 0.370 e. The summed E-state index contributed by atoms with van der Waals surface area (Å²) >= 11 is 0. The molecule has 1 fully saturated rings. The minimum absolute atomic E-state index is 0.173. The Morgan fingerprint density at radius 3 is 2.64 bits per heavy atom. The van der Waals surface area contributed by atoms with E-state index in [0.29, 0.717) is 0 Å². The molecule has 0 spiro atoms. The Morgan fingerprint density at radius 1 is 1.07 bits per heavy atom. The maximum atomic E-state index is 12.7. The van der Waals surface area contributed by atoms with E-state index < -0.39 is 0 Å². The van der Waals surface area contributed by atoms with Crippen molar-refractivity contribution in [1.82, 2.24) is 5.32 Å². The minimum Gasteiger partial charge on any atom is -0.370 e. The van der Waals surface area contributed by atoms with Gasteiger partial charge in [0.05, 0.1) is 0 Å². The van der Waals surface area contributed by atoms with E-state index in [2.05, 4.69) is 10.2 Å². The Morgan fingerprint density at radius 2 is 1.86 bits per heavy atom. The van der Waals surface area contributed by atoms with Gasteiger partial charge in [-0.05, 0) is 30.7 Å². The second kappa shape index (κ2) is 4.42. The Kier molecular flexibility index (Phi) is 2.99. The lowest BCUT2D eigenvalue weighted by molar-refractivity contribution is 0.627. The van der Waals surface area contributed by atoms with Gasteiger partial charge in [-0.15, -0.1) is 0 Å². The van der Waals surface area contributed by atoms with Gasteiger partial charge in [-0.2, -0.15) is 0 Å². The van der Waals surface area contributed by atoms with E-state index >= 15 is 0 Å². The van der Waals surface area contributed by atoms with Crippen LogP contribution >= 0.6 is 0 Å². The van der Waals surface area contributed by atoms with Crippen LogP contribution in [0.1, 0.15) is 6.42 Å². The van der Waals surface area contributed by atoms with E-state index in [9.17, 15) is 4.39 Å². The number of halogens is 1. The van der Waals surface area contributed by atoms with E-state index in [1.807, 2.05) is 12.1 Å². The smallest absolute Gasteiger partial charge is 0.123 e. The summed E-state index contributed by atoms with van der Waals surface area (Å²) in [4.78, 5) is 2.26. The fourth-order valence-electron chi connectivity index (χ4n) is 1.70. The van der Waals surface area contributed by atoms with Crippen molar-refractivity contribution in [3.63, 3.8) is 0 Å². The van der Waals surface area contributed by atoms with Crippen LogP contribution in [0.25, 0.3) is 0 Å². The van der Waals surface area contributed by atoms with Crippen LogP contribution in [0.4, 0.5) is 10.1 Å². The van der Waals surface area contributed by atoms with Gasteiger partial charge >= 0.3 is 0 Å². The van der Waals surface area contributed by atoms with E-state index in [4.69, 9.17) is 0 Å². The topological polar surface area (TPSA) is 17.3 Å². The highest BCUT2D eigenvalue weighted by molar-refractivity contribution is 5.46. The Bertz CT molecular complexity index is 276. The van der Waals surface area contributed by atoms with E-state index in [1.54, 1.807) is 0 Å². The maximum Gasteiger partial charge on any atom is 0.123 e. The van der Waals surface area contributed by atoms with Crippen molar-refractivity contribution in [2.45, 2.75) is 6.42 Å². The highest BCUT2D eigenvalue weighted by atomic mass is 19.1. The first-order valence-corrected chi connectivity index (χ1v) is 5.00. The second-order valence-corrected chi connectivity index (χ2v) is 3.49. The number of anilines is 1. The van der Waals surface area contributed by atoms with Gasteiger partial charge < -0.3 is 4.90 Å². The first-order chi connectivity index (χ1) is 6.86. The number of hydrogen-bond acceptors (Lipinski definition) is 1. The van der Waals surface area contributed by atoms with E-state index in [-0.39, 0.29) is 5.82 Å². The van der Waals surface area contributed by atoms with Crippen molar-refractivity contribution in [2.75, 3.05) is 31.1 Å². The zero-order valence-electron chi connectivity index (χ0n) is 8.12. The van der Waals surface area contributed by atoms with Gasteiger partial charge in [0.15, 0.2) is 0 Å². The van der Waals surface area contributed by atoms with Crippen molar-refractivity contribution in [3.8, 4) is 0 Å². The van der Waals surface area contributed by atoms with Crippen molar-refractivity contribution >= 4 is 5.69 Å². The lowest BCUT2D eigenvalue weighted by atomic mass is 10.2. The summed E-state index contributed by atoms with van der Waals surface area (Å²) in [5.74, 6) is -0.173. The molecule has 1 heterocycles. The quantitative estimate of drug-likeness (QED) is 0.662. The zero-order valence-corrected chi connectivity index (χ0v) is 8.12. The van der Waals surface area contributed by atoms with Gasteiger partial charge in [0.1, 0.15) is 5.82 Å². The second-order valence-electron chi connectivity index (χ2n) is 3.49. The van der Waals surface area contributed by atoms with Crippen molar-refractivity contribution < 1.29 is 4.39 Å². The summed E-state index contributed by atoms with van der Waals surface area (Å²) in [6.07, 6.45) is 1.09. The molecule has 2 nitrogen and oxygen atoms in total. The summed E-state index contributed by atoms with van der Waals surface area (Å²) in [5, 5.41) is 4.35. The molecule has 3 heteroatoms. The molecule has 0 amide bonds. The molecule has 1 radical (unpaired) electrons. The van der Waals surface area contributed by atoms with Crippen molar-refractivity contribution in [2.24, 2.45) is 0 Å². The molecule has 1 aromatic carbocycles. The first-order valence-electron chi connectivity index (χ1n) is 5.00. The Labute approximate surface area is 83.7 Å². The van der Waals surface area contributed by atoms with Gasteiger partial charge in [0, 0.05) is 31.9 Å². The molecular weight excluding hydrogens is 179 g/mol. The van der Waals surface area contributed by atoms with Crippen LogP contribution in [0, 0.1) is 5.82 Å². The predicted molar refractivity (Wildman–Crippen MR) is 55.1 cm³/mol. The molecule has 0 aromatic heterocycles. The van der Waals surface area contributed by atoms with Crippen LogP contribution in [-0.4, -0.2) is 26.2 Å². The number of rotatable bonds is 1. The molecule has 0 bridgehead atoms. The fourth-order valence-corrected chi connectivity index (χ4v) is 1.70. The van der Waals surface area contributed by atoms with Crippen LogP contribution < -0.4 is 10.2 Å². The molecular formula is C11H14FN2. The highest BCUT2D eigenvalue weighted by Gasteiger charge is 2.09. The molecule has 0 unspecified atom stereocenters. The highest BCUT2D eigenvalue weighted by Crippen LogP contribution is 2.15. The predicted octanol–water partition coefficient (Wildman–Crippen LogP) is 1.64. The summed E-state index contributed by atoms with van der Waals surface area (Å²) in [6, 6.07) is 6.69. The van der Waals surface area contributed by atoms with Gasteiger partial charge in [0.2, 0.25) is 0 Å². The third-order valence-corrected chi connectivity index (χ3v) is 2.46. The first kappa shape index (κ1) is 9.46. The molecule has 2 rings (SSSR count). The number of benzene rings is 1. The molecule has 1 saturated heterocycles. The van der Waals surface area contributed by atoms with E-state index in [1.165, 1.54) is 12.1 Å². The normalized spacial score (nSPS) is 17.9. The van der Waals surface area contributed by atoms with E-state index in [0.717, 1.165) is 38.3 Å². The molecule has 0 atom stereocenters. The zero-order chi connectivity index (χ0) is 9.80. The molecule has 75 valence electrons. The molecule has 0 aliphatic carbocycles. The molecule has 0 N–H and O–H groups in total. The van der Waals surface area contributed by atoms with Crippen molar-refractivity contribution in [1.29, 1.82) is 0 Å². The third kappa shape index (κ3) is 2.23. The summed E-state index contributed by atoms with van der Waals surface area (Å²) in [7, 11) is 0. The fraction of sp³-hybridized carbons (Fsp3) is 0.455. The van der Waals surface area contributed by atoms with Crippen LogP contribution in [-0.2, 0) is 0 Å². The SMILES string of the molecule is Fc1ccc(N2CCC[N]CC2)cc1. The van der Waals surface area contributed by atoms with Gasteiger partial charge in [-0.1, -0.05) is 0 Å². The number of nitrogens with zero attached hydrogens (tertiary/aromatic N) is 2. The van der Waals surface area contributed by atoms with Crippen LogP contribution in [0.3, 0.4) is 0 Å². The van der Waals surface area contributed by atoms with Crippen LogP contribution in [0.15, 0.2) is 24.3 Å². The van der Waals surface area contributed by atoms with Gasteiger partial charge in [-0.3, -0.25) is 0 Å². The third-order valence-electron chi connectivity index (χ3n) is 2.46. The summed E-state index contributed by atoms with van der Waals surface area (Å²) in [6.45, 7) is 3.82. The van der Waals surface area contributed by atoms with Crippen LogP contribution in [0.2, 0.25) is 0 Å². The molecule has 1 aliphatic heterocycles. The van der Waals surface area contributed by atoms with Crippen molar-refractivity contribution in [3.05, 3.63) is 30.1 Å². The Balaban J connectivity index is 2.08. The lowest BCUT2D eigenvalue weighted by Gasteiger charge is -2.21. The summed E-state index contributed by atoms with van der Waals surface area (Å²) in [5.41, 5.74) is 1.10.